The Kier molecular flexibility index (Phi) is 2.93. The van der Waals surface area contributed by atoms with Crippen LogP contribution >= 0.6 is 0 Å². The molecule has 1 aromatic heterocycles. The van der Waals surface area contributed by atoms with E-state index in [9.17, 15) is 0 Å². The predicted octanol–water partition coefficient (Wildman–Crippen LogP) is 0.601. The number of nitrogen functional groups attached to an aromatic ring is 1. The molecule has 1 aromatic rings. The lowest BCUT2D eigenvalue weighted by Crippen LogP contribution is -2.28. The third-order valence-electron chi connectivity index (χ3n) is 2.68. The van der Waals surface area contributed by atoms with Crippen LogP contribution in [0.2, 0.25) is 0 Å². The van der Waals surface area contributed by atoms with E-state index in [1.165, 1.54) is 12.8 Å². The molecule has 2 heterocycles. The fraction of sp³-hybridized carbons (Fsp3) is 0.600. The van der Waals surface area contributed by atoms with E-state index in [4.69, 9.17) is 5.73 Å². The van der Waals surface area contributed by atoms with Crippen molar-refractivity contribution in [2.75, 3.05) is 18.8 Å². The number of aromatic nitrogens is 2. The summed E-state index contributed by atoms with van der Waals surface area (Å²) in [4.78, 5) is 0. The second-order valence-electron chi connectivity index (χ2n) is 3.88. The van der Waals surface area contributed by atoms with E-state index in [1.807, 2.05) is 6.07 Å². The van der Waals surface area contributed by atoms with E-state index in [-0.39, 0.29) is 0 Å². The number of anilines is 1. The van der Waals surface area contributed by atoms with Gasteiger partial charge in [0, 0.05) is 0 Å². The molecular formula is C10H16N4. The van der Waals surface area contributed by atoms with Gasteiger partial charge in [0.15, 0.2) is 0 Å². The molecule has 0 amide bonds. The Labute approximate surface area is 83.9 Å². The van der Waals surface area contributed by atoms with Gasteiger partial charge < -0.3 is 11.1 Å². The molecule has 0 aromatic carbocycles. The Morgan fingerprint density at radius 2 is 2.21 bits per heavy atom. The Balaban J connectivity index is 1.95. The lowest BCUT2D eigenvalue weighted by molar-refractivity contribution is 0.369. The van der Waals surface area contributed by atoms with Gasteiger partial charge in [0.25, 0.3) is 0 Å². The first-order valence-electron chi connectivity index (χ1n) is 5.12. The standard InChI is InChI=1S/C10H16N4/c11-9-6-10(14-13-7-9)5-8-1-3-12-4-2-8/h6-8,12H,1-5H2,(H2,11,14). The largest absolute Gasteiger partial charge is 0.397 e. The minimum absolute atomic E-state index is 0.712. The first kappa shape index (κ1) is 9.40. The summed E-state index contributed by atoms with van der Waals surface area (Å²) in [5.74, 6) is 0.743. The molecule has 1 aliphatic rings. The Morgan fingerprint density at radius 1 is 1.43 bits per heavy atom. The van der Waals surface area contributed by atoms with Gasteiger partial charge in [0.2, 0.25) is 0 Å². The average Bonchev–Trinajstić information content (AvgIpc) is 2.19. The zero-order valence-electron chi connectivity index (χ0n) is 8.24. The monoisotopic (exact) mass is 192 g/mol. The van der Waals surface area contributed by atoms with Crippen LogP contribution in [0, 0.1) is 5.92 Å². The van der Waals surface area contributed by atoms with Crippen LogP contribution in [0.25, 0.3) is 0 Å². The van der Waals surface area contributed by atoms with E-state index in [0.717, 1.165) is 31.1 Å². The van der Waals surface area contributed by atoms with Crippen LogP contribution in [-0.2, 0) is 6.42 Å². The van der Waals surface area contributed by atoms with Gasteiger partial charge in [-0.1, -0.05) is 0 Å². The van der Waals surface area contributed by atoms with Crippen LogP contribution in [0.5, 0.6) is 0 Å². The van der Waals surface area contributed by atoms with Crippen LogP contribution < -0.4 is 11.1 Å². The van der Waals surface area contributed by atoms with E-state index < -0.39 is 0 Å². The van der Waals surface area contributed by atoms with Crippen LogP contribution in [0.4, 0.5) is 5.69 Å². The second-order valence-corrected chi connectivity index (χ2v) is 3.88. The lowest BCUT2D eigenvalue weighted by Gasteiger charge is -2.21. The molecule has 0 radical (unpaired) electrons. The molecule has 3 N–H and O–H groups in total. The van der Waals surface area contributed by atoms with Crippen LogP contribution in [0.3, 0.4) is 0 Å². The number of nitrogens with one attached hydrogen (secondary N) is 1. The van der Waals surface area contributed by atoms with Crippen LogP contribution in [0.15, 0.2) is 12.3 Å². The predicted molar refractivity (Wildman–Crippen MR) is 55.7 cm³/mol. The molecular weight excluding hydrogens is 176 g/mol. The van der Waals surface area contributed by atoms with Gasteiger partial charge in [-0.3, -0.25) is 0 Å². The molecule has 0 atom stereocenters. The molecule has 0 unspecified atom stereocenters. The SMILES string of the molecule is Nc1cnnc(CC2CCNCC2)c1. The molecule has 76 valence electrons. The van der Waals surface area contributed by atoms with Crippen molar-refractivity contribution >= 4 is 5.69 Å². The first-order valence-corrected chi connectivity index (χ1v) is 5.12. The number of rotatable bonds is 2. The Hall–Kier alpha value is -1.16. The number of piperidine rings is 1. The van der Waals surface area contributed by atoms with Gasteiger partial charge in [-0.05, 0) is 44.3 Å². The highest BCUT2D eigenvalue weighted by molar-refractivity contribution is 5.34. The quantitative estimate of drug-likeness (QED) is 0.720. The Morgan fingerprint density at radius 3 is 2.93 bits per heavy atom. The molecule has 2 rings (SSSR count). The first-order chi connectivity index (χ1) is 6.84. The summed E-state index contributed by atoms with van der Waals surface area (Å²) < 4.78 is 0. The number of hydrogen-bond donors (Lipinski definition) is 2. The summed E-state index contributed by atoms with van der Waals surface area (Å²) in [6, 6.07) is 1.93. The number of nitrogens with two attached hydrogens (primary N) is 1. The average molecular weight is 192 g/mol. The highest BCUT2D eigenvalue weighted by Crippen LogP contribution is 2.17. The maximum Gasteiger partial charge on any atom is 0.0726 e. The highest BCUT2D eigenvalue weighted by atomic mass is 15.1. The molecule has 0 aliphatic carbocycles. The molecule has 0 spiro atoms. The number of hydrogen-bond acceptors (Lipinski definition) is 4. The molecule has 14 heavy (non-hydrogen) atoms. The zero-order valence-corrected chi connectivity index (χ0v) is 8.24. The second kappa shape index (κ2) is 4.37. The maximum absolute atomic E-state index is 5.65. The fourth-order valence-corrected chi connectivity index (χ4v) is 1.91. The summed E-state index contributed by atoms with van der Waals surface area (Å²) >= 11 is 0. The molecule has 4 nitrogen and oxygen atoms in total. The van der Waals surface area contributed by atoms with Crippen molar-refractivity contribution < 1.29 is 0 Å². The lowest BCUT2D eigenvalue weighted by atomic mass is 9.93. The molecule has 1 saturated heterocycles. The van der Waals surface area contributed by atoms with Gasteiger partial charge >= 0.3 is 0 Å². The van der Waals surface area contributed by atoms with Crippen molar-refractivity contribution in [1.29, 1.82) is 0 Å². The van der Waals surface area contributed by atoms with Crippen molar-refractivity contribution in [3.63, 3.8) is 0 Å². The van der Waals surface area contributed by atoms with Gasteiger partial charge in [-0.25, -0.2) is 0 Å². The van der Waals surface area contributed by atoms with E-state index in [2.05, 4.69) is 15.5 Å². The molecule has 0 saturated carbocycles. The summed E-state index contributed by atoms with van der Waals surface area (Å²) in [5.41, 5.74) is 7.39. The van der Waals surface area contributed by atoms with Crippen LogP contribution in [-0.4, -0.2) is 23.3 Å². The topological polar surface area (TPSA) is 63.8 Å². The molecule has 4 heteroatoms. The van der Waals surface area contributed by atoms with Gasteiger partial charge in [0.05, 0.1) is 17.6 Å². The molecule has 1 aliphatic heterocycles. The molecule has 1 fully saturated rings. The fourth-order valence-electron chi connectivity index (χ4n) is 1.91. The van der Waals surface area contributed by atoms with Crippen molar-refractivity contribution in [2.45, 2.75) is 19.3 Å². The minimum atomic E-state index is 0.712. The third kappa shape index (κ3) is 2.42. The van der Waals surface area contributed by atoms with Crippen molar-refractivity contribution in [3.8, 4) is 0 Å². The summed E-state index contributed by atoms with van der Waals surface area (Å²) in [6.45, 7) is 2.25. The van der Waals surface area contributed by atoms with Crippen LogP contribution in [0.1, 0.15) is 18.5 Å². The van der Waals surface area contributed by atoms with Crippen molar-refractivity contribution in [2.24, 2.45) is 5.92 Å². The summed E-state index contributed by atoms with van der Waals surface area (Å²) in [5, 5.41) is 11.3. The normalized spacial score (nSPS) is 18.3. The minimum Gasteiger partial charge on any atom is -0.397 e. The van der Waals surface area contributed by atoms with Crippen molar-refractivity contribution in [1.82, 2.24) is 15.5 Å². The third-order valence-corrected chi connectivity index (χ3v) is 2.68. The summed E-state index contributed by atoms with van der Waals surface area (Å²) in [7, 11) is 0. The van der Waals surface area contributed by atoms with Gasteiger partial charge in [-0.15, -0.1) is 0 Å². The Bertz CT molecular complexity index is 294. The van der Waals surface area contributed by atoms with E-state index in [1.54, 1.807) is 6.20 Å². The van der Waals surface area contributed by atoms with Gasteiger partial charge in [0.1, 0.15) is 0 Å². The maximum atomic E-state index is 5.65. The number of nitrogens with zero attached hydrogens (tertiary/aromatic N) is 2. The molecule has 0 bridgehead atoms. The van der Waals surface area contributed by atoms with E-state index in [0.29, 0.717) is 5.69 Å². The smallest absolute Gasteiger partial charge is 0.0726 e. The van der Waals surface area contributed by atoms with E-state index >= 15 is 0 Å². The highest BCUT2D eigenvalue weighted by Gasteiger charge is 2.14. The van der Waals surface area contributed by atoms with Gasteiger partial charge in [-0.2, -0.15) is 10.2 Å². The van der Waals surface area contributed by atoms with Crippen molar-refractivity contribution in [3.05, 3.63) is 18.0 Å². The zero-order chi connectivity index (χ0) is 9.80. The summed E-state index contributed by atoms with van der Waals surface area (Å²) in [6.07, 6.45) is 5.07.